The summed E-state index contributed by atoms with van der Waals surface area (Å²) >= 11 is 6.32. The predicted octanol–water partition coefficient (Wildman–Crippen LogP) is 5.58. The largest absolute Gasteiger partial charge is 0.376 e. The number of para-hydroxylation sites is 1. The van der Waals surface area contributed by atoms with Crippen LogP contribution in [-0.4, -0.2) is 17.9 Å². The fraction of sp³-hybridized carbons (Fsp3) is 0.565. The molecule has 0 saturated heterocycles. The molecule has 4 nitrogen and oxygen atoms in total. The summed E-state index contributed by atoms with van der Waals surface area (Å²) in [7, 11) is 0. The Bertz CT molecular complexity index is 732. The molecule has 1 aliphatic carbocycles. The van der Waals surface area contributed by atoms with Crippen LogP contribution in [0.3, 0.4) is 0 Å². The van der Waals surface area contributed by atoms with Crippen molar-refractivity contribution in [2.45, 2.75) is 83.6 Å². The Labute approximate surface area is 173 Å². The first kappa shape index (κ1) is 20.9. The van der Waals surface area contributed by atoms with E-state index >= 15 is 0 Å². The number of nitrogens with zero attached hydrogens (tertiary/aromatic N) is 1. The minimum absolute atomic E-state index is 0.0133. The zero-order valence-corrected chi connectivity index (χ0v) is 17.6. The highest BCUT2D eigenvalue weighted by Crippen LogP contribution is 2.31. The van der Waals surface area contributed by atoms with Crippen molar-refractivity contribution in [1.82, 2.24) is 5.32 Å². The van der Waals surface area contributed by atoms with E-state index in [-0.39, 0.29) is 22.7 Å². The first-order valence-electron chi connectivity index (χ1n) is 10.7. The van der Waals surface area contributed by atoms with Gasteiger partial charge in [-0.2, -0.15) is 0 Å². The number of nitrogens with one attached hydrogen (secondary N) is 1. The lowest BCUT2D eigenvalue weighted by atomic mass is 9.98. The minimum Gasteiger partial charge on any atom is -0.376 e. The van der Waals surface area contributed by atoms with Gasteiger partial charge in [-0.3, -0.25) is 9.59 Å². The third-order valence-corrected chi connectivity index (χ3v) is 6.19. The van der Waals surface area contributed by atoms with Crippen LogP contribution < -0.4 is 10.2 Å². The molecule has 0 unspecified atom stereocenters. The second-order valence-electron chi connectivity index (χ2n) is 8.02. The number of imide groups is 1. The van der Waals surface area contributed by atoms with Gasteiger partial charge in [0.1, 0.15) is 10.7 Å². The van der Waals surface area contributed by atoms with Crippen LogP contribution in [-0.2, 0) is 9.59 Å². The monoisotopic (exact) mass is 402 g/mol. The van der Waals surface area contributed by atoms with Gasteiger partial charge in [-0.05, 0) is 31.4 Å². The van der Waals surface area contributed by atoms with E-state index in [4.69, 9.17) is 11.6 Å². The number of aryl methyl sites for hydroxylation is 1. The first-order valence-corrected chi connectivity index (χ1v) is 11.1. The van der Waals surface area contributed by atoms with Gasteiger partial charge in [0.15, 0.2) is 0 Å². The van der Waals surface area contributed by atoms with E-state index in [9.17, 15) is 9.59 Å². The smallest absolute Gasteiger partial charge is 0.283 e. The lowest BCUT2D eigenvalue weighted by molar-refractivity contribution is -0.120. The Kier molecular flexibility index (Phi) is 7.55. The molecular weight excluding hydrogens is 372 g/mol. The quantitative estimate of drug-likeness (QED) is 0.671. The summed E-state index contributed by atoms with van der Waals surface area (Å²) in [5.74, 6) is -0.771. The van der Waals surface area contributed by atoms with Crippen LogP contribution in [0.1, 0.15) is 76.2 Å². The van der Waals surface area contributed by atoms with E-state index in [2.05, 4.69) is 5.32 Å². The molecule has 1 aliphatic heterocycles. The molecule has 1 N–H and O–H groups in total. The minimum atomic E-state index is -0.434. The summed E-state index contributed by atoms with van der Waals surface area (Å²) in [5, 5.41) is 3.37. The molecule has 0 radical (unpaired) electrons. The number of carbonyl (C=O) groups is 2. The average Bonchev–Trinajstić information content (AvgIpc) is 2.88. The summed E-state index contributed by atoms with van der Waals surface area (Å²) < 4.78 is 0. The molecule has 5 heteroatoms. The summed E-state index contributed by atoms with van der Waals surface area (Å²) in [6, 6.07) is 7.59. The molecule has 28 heavy (non-hydrogen) atoms. The molecule has 0 bridgehead atoms. The lowest BCUT2D eigenvalue weighted by Crippen LogP contribution is -2.37. The highest BCUT2D eigenvalue weighted by molar-refractivity contribution is 6.52. The standard InChI is InChI=1S/C23H31ClN2O2/c1-17-13-11-12-16-19(17)26-22(27)20(24)21(23(26)28)25-18-14-9-7-5-3-2-4-6-8-10-15-18/h11-13,16,18,25H,2-10,14-15H2,1H3. The third-order valence-electron chi connectivity index (χ3n) is 5.84. The Morgan fingerprint density at radius 2 is 1.39 bits per heavy atom. The number of carbonyl (C=O) groups excluding carboxylic acids is 2. The molecule has 1 aromatic carbocycles. The first-order chi connectivity index (χ1) is 13.6. The van der Waals surface area contributed by atoms with Crippen LogP contribution in [0.2, 0.25) is 0 Å². The van der Waals surface area contributed by atoms with Gasteiger partial charge in [0, 0.05) is 6.04 Å². The van der Waals surface area contributed by atoms with Crippen molar-refractivity contribution in [2.75, 3.05) is 4.90 Å². The number of anilines is 1. The fourth-order valence-electron chi connectivity index (χ4n) is 4.17. The van der Waals surface area contributed by atoms with Gasteiger partial charge in [0.2, 0.25) is 0 Å². The second-order valence-corrected chi connectivity index (χ2v) is 8.40. The Balaban J connectivity index is 1.71. The van der Waals surface area contributed by atoms with Crippen LogP contribution in [0.25, 0.3) is 0 Å². The predicted molar refractivity (Wildman–Crippen MR) is 114 cm³/mol. The van der Waals surface area contributed by atoms with Crippen LogP contribution >= 0.6 is 11.6 Å². The summed E-state index contributed by atoms with van der Waals surface area (Å²) in [6.07, 6.45) is 13.4. The van der Waals surface area contributed by atoms with Crippen molar-refractivity contribution in [3.8, 4) is 0 Å². The SMILES string of the molecule is Cc1ccccc1N1C(=O)C(Cl)=C(NC2CCCCCCCCCCC2)C1=O. The van der Waals surface area contributed by atoms with E-state index in [0.29, 0.717) is 5.69 Å². The van der Waals surface area contributed by atoms with E-state index in [1.54, 1.807) is 6.07 Å². The number of rotatable bonds is 3. The van der Waals surface area contributed by atoms with Gasteiger partial charge in [0.05, 0.1) is 5.69 Å². The zero-order valence-electron chi connectivity index (χ0n) is 16.8. The number of hydrogen-bond acceptors (Lipinski definition) is 3. The van der Waals surface area contributed by atoms with Crippen molar-refractivity contribution in [1.29, 1.82) is 0 Å². The average molecular weight is 403 g/mol. The zero-order chi connectivity index (χ0) is 19.9. The van der Waals surface area contributed by atoms with Gasteiger partial charge in [-0.15, -0.1) is 0 Å². The summed E-state index contributed by atoms with van der Waals surface area (Å²) in [6.45, 7) is 1.89. The molecule has 0 spiro atoms. The molecule has 3 rings (SSSR count). The van der Waals surface area contributed by atoms with Gasteiger partial charge >= 0.3 is 0 Å². The molecule has 1 aromatic rings. The van der Waals surface area contributed by atoms with Crippen molar-refractivity contribution in [3.05, 3.63) is 40.6 Å². The van der Waals surface area contributed by atoms with Gasteiger partial charge in [-0.1, -0.05) is 87.6 Å². The molecule has 1 saturated carbocycles. The van der Waals surface area contributed by atoms with Crippen LogP contribution in [0.4, 0.5) is 5.69 Å². The molecule has 152 valence electrons. The van der Waals surface area contributed by atoms with Crippen molar-refractivity contribution >= 4 is 29.1 Å². The van der Waals surface area contributed by atoms with E-state index in [1.807, 2.05) is 25.1 Å². The number of halogens is 1. The number of amides is 2. The van der Waals surface area contributed by atoms with E-state index in [1.165, 1.54) is 49.8 Å². The fourth-order valence-corrected chi connectivity index (χ4v) is 4.39. The topological polar surface area (TPSA) is 49.4 Å². The summed E-state index contributed by atoms with van der Waals surface area (Å²) in [5.41, 5.74) is 1.75. The maximum Gasteiger partial charge on any atom is 0.283 e. The maximum absolute atomic E-state index is 13.0. The van der Waals surface area contributed by atoms with Crippen LogP contribution in [0, 0.1) is 6.92 Å². The Morgan fingerprint density at radius 1 is 0.857 bits per heavy atom. The molecule has 0 aromatic heterocycles. The Morgan fingerprint density at radius 3 is 1.96 bits per heavy atom. The highest BCUT2D eigenvalue weighted by Gasteiger charge is 2.39. The van der Waals surface area contributed by atoms with Crippen molar-refractivity contribution < 1.29 is 9.59 Å². The lowest BCUT2D eigenvalue weighted by Gasteiger charge is -2.22. The van der Waals surface area contributed by atoms with Gasteiger partial charge < -0.3 is 5.32 Å². The van der Waals surface area contributed by atoms with E-state index < -0.39 is 5.91 Å². The van der Waals surface area contributed by atoms with Gasteiger partial charge in [-0.25, -0.2) is 4.90 Å². The third kappa shape index (κ3) is 4.96. The van der Waals surface area contributed by atoms with E-state index in [0.717, 1.165) is 31.2 Å². The summed E-state index contributed by atoms with van der Waals surface area (Å²) in [4.78, 5) is 26.9. The number of benzene rings is 1. The maximum atomic E-state index is 13.0. The molecule has 1 fully saturated rings. The Hall–Kier alpha value is -1.81. The van der Waals surface area contributed by atoms with Crippen molar-refractivity contribution in [3.63, 3.8) is 0 Å². The number of hydrogen-bond donors (Lipinski definition) is 1. The molecular formula is C23H31ClN2O2. The molecule has 2 amide bonds. The molecule has 0 atom stereocenters. The molecule has 2 aliphatic rings. The highest BCUT2D eigenvalue weighted by atomic mass is 35.5. The van der Waals surface area contributed by atoms with Crippen LogP contribution in [0.15, 0.2) is 35.0 Å². The normalized spacial score (nSPS) is 20.9. The van der Waals surface area contributed by atoms with Crippen LogP contribution in [0.5, 0.6) is 0 Å². The van der Waals surface area contributed by atoms with Crippen molar-refractivity contribution in [2.24, 2.45) is 0 Å². The van der Waals surface area contributed by atoms with Gasteiger partial charge in [0.25, 0.3) is 11.8 Å². The molecule has 1 heterocycles. The second kappa shape index (κ2) is 10.1.